The van der Waals surface area contributed by atoms with Crippen LogP contribution in [0.5, 0.6) is 0 Å². The molecule has 1 heterocycles. The van der Waals surface area contributed by atoms with Gasteiger partial charge in [-0.3, -0.25) is 14.5 Å². The first-order valence-electron chi connectivity index (χ1n) is 5.57. The smallest absolute Gasteiger partial charge is 0.408 e. The fourth-order valence-electron chi connectivity index (χ4n) is 1.72. The van der Waals surface area contributed by atoms with E-state index in [4.69, 9.17) is 4.74 Å². The molecule has 1 fully saturated rings. The van der Waals surface area contributed by atoms with Gasteiger partial charge in [-0.15, -0.1) is 0 Å². The van der Waals surface area contributed by atoms with Gasteiger partial charge in [0.1, 0.15) is 11.6 Å². The molecule has 1 N–H and O–H groups in total. The molecule has 0 radical (unpaired) electrons. The molecular weight excluding hydrogens is 224 g/mol. The highest BCUT2D eigenvalue weighted by Gasteiger charge is 2.47. The van der Waals surface area contributed by atoms with E-state index < -0.39 is 23.6 Å². The van der Waals surface area contributed by atoms with Crippen molar-refractivity contribution in [3.63, 3.8) is 0 Å². The number of hydrogen-bond acceptors (Lipinski definition) is 4. The summed E-state index contributed by atoms with van der Waals surface area (Å²) in [5, 5.41) is 2.48. The Kier molecular flexibility index (Phi) is 3.75. The number of hydrogen-bond donors (Lipinski definition) is 1. The molecule has 0 aromatic rings. The number of alkyl carbamates (subject to hydrolysis) is 1. The number of β-lactam (4-membered cyclic amide) rings is 1. The molecule has 0 spiro atoms. The van der Waals surface area contributed by atoms with Gasteiger partial charge in [-0.1, -0.05) is 6.92 Å². The van der Waals surface area contributed by atoms with Gasteiger partial charge in [0.05, 0.1) is 6.04 Å². The highest BCUT2D eigenvalue weighted by Crippen LogP contribution is 2.21. The minimum atomic E-state index is -0.653. The lowest BCUT2D eigenvalue weighted by atomic mass is 9.94. The van der Waals surface area contributed by atoms with Gasteiger partial charge >= 0.3 is 6.09 Å². The number of carbonyl (C=O) groups excluding carboxylic acids is 3. The van der Waals surface area contributed by atoms with Crippen LogP contribution in [0.1, 0.15) is 34.1 Å². The Bertz CT molecular complexity index is 335. The number of ether oxygens (including phenoxy) is 1. The van der Waals surface area contributed by atoms with Crippen molar-refractivity contribution < 1.29 is 19.1 Å². The van der Waals surface area contributed by atoms with Gasteiger partial charge in [-0.05, 0) is 27.2 Å². The molecule has 6 nitrogen and oxygen atoms in total. The molecule has 1 aliphatic rings. The summed E-state index contributed by atoms with van der Waals surface area (Å²) in [6.07, 6.45) is 0.453. The number of amides is 3. The Hall–Kier alpha value is -1.59. The van der Waals surface area contributed by atoms with E-state index in [1.807, 2.05) is 6.92 Å². The zero-order valence-electron chi connectivity index (χ0n) is 10.5. The molecule has 1 aliphatic heterocycles. The van der Waals surface area contributed by atoms with Gasteiger partial charge in [0, 0.05) is 0 Å². The second-order valence-corrected chi connectivity index (χ2v) is 4.95. The number of nitrogens with zero attached hydrogens (tertiary/aromatic N) is 1. The Morgan fingerprint density at radius 3 is 2.53 bits per heavy atom. The first-order valence-corrected chi connectivity index (χ1v) is 5.57. The normalized spacial score (nSPS) is 24.0. The van der Waals surface area contributed by atoms with Gasteiger partial charge in [0.2, 0.25) is 6.41 Å². The topological polar surface area (TPSA) is 75.7 Å². The summed E-state index contributed by atoms with van der Waals surface area (Å²) in [7, 11) is 0. The van der Waals surface area contributed by atoms with Crippen molar-refractivity contribution in [1.29, 1.82) is 0 Å². The van der Waals surface area contributed by atoms with Crippen LogP contribution in [0, 0.1) is 0 Å². The monoisotopic (exact) mass is 242 g/mol. The van der Waals surface area contributed by atoms with Gasteiger partial charge in [0.25, 0.3) is 5.91 Å². The summed E-state index contributed by atoms with van der Waals surface area (Å²) in [5.41, 5.74) is -0.608. The van der Waals surface area contributed by atoms with E-state index in [9.17, 15) is 14.4 Å². The minimum absolute atomic E-state index is 0.271. The number of rotatable bonds is 3. The first-order chi connectivity index (χ1) is 7.80. The van der Waals surface area contributed by atoms with Crippen LogP contribution < -0.4 is 5.32 Å². The molecule has 0 aromatic carbocycles. The lowest BCUT2D eigenvalue weighted by Crippen LogP contribution is -2.70. The molecule has 1 rings (SSSR count). The maximum absolute atomic E-state index is 11.5. The lowest BCUT2D eigenvalue weighted by molar-refractivity contribution is -0.156. The zero-order valence-corrected chi connectivity index (χ0v) is 10.5. The van der Waals surface area contributed by atoms with Crippen molar-refractivity contribution in [3.05, 3.63) is 0 Å². The molecule has 0 aliphatic carbocycles. The highest BCUT2D eigenvalue weighted by molar-refractivity contribution is 5.99. The Morgan fingerprint density at radius 1 is 1.53 bits per heavy atom. The molecular formula is C11H18N2O4. The van der Waals surface area contributed by atoms with E-state index in [-0.39, 0.29) is 6.04 Å². The summed E-state index contributed by atoms with van der Waals surface area (Å²) < 4.78 is 5.05. The molecule has 2 atom stereocenters. The van der Waals surface area contributed by atoms with E-state index in [0.717, 1.165) is 4.90 Å². The molecule has 3 amide bonds. The van der Waals surface area contributed by atoms with Crippen LogP contribution in [0.25, 0.3) is 0 Å². The summed E-state index contributed by atoms with van der Waals surface area (Å²) in [5.74, 6) is -0.391. The van der Waals surface area contributed by atoms with Crippen molar-refractivity contribution in [3.8, 4) is 0 Å². The predicted molar refractivity (Wildman–Crippen MR) is 60.1 cm³/mol. The first kappa shape index (κ1) is 13.5. The fourth-order valence-corrected chi connectivity index (χ4v) is 1.72. The number of nitrogens with one attached hydrogen (secondary N) is 1. The third-order valence-electron chi connectivity index (χ3n) is 2.47. The van der Waals surface area contributed by atoms with Crippen molar-refractivity contribution in [1.82, 2.24) is 10.2 Å². The lowest BCUT2D eigenvalue weighted by Gasteiger charge is -2.43. The number of imide groups is 1. The van der Waals surface area contributed by atoms with E-state index >= 15 is 0 Å². The fraction of sp³-hybridized carbons (Fsp3) is 0.727. The predicted octanol–water partition coefficient (Wildman–Crippen LogP) is 0.657. The van der Waals surface area contributed by atoms with Crippen LogP contribution >= 0.6 is 0 Å². The summed E-state index contributed by atoms with van der Waals surface area (Å²) in [4.78, 5) is 34.6. The zero-order chi connectivity index (χ0) is 13.2. The van der Waals surface area contributed by atoms with E-state index in [1.165, 1.54) is 0 Å². The maximum atomic E-state index is 11.5. The molecule has 96 valence electrons. The van der Waals surface area contributed by atoms with Crippen molar-refractivity contribution in [2.45, 2.75) is 51.8 Å². The van der Waals surface area contributed by atoms with Crippen LogP contribution in [0.2, 0.25) is 0 Å². The molecule has 0 bridgehead atoms. The van der Waals surface area contributed by atoms with Crippen LogP contribution in [0.3, 0.4) is 0 Å². The van der Waals surface area contributed by atoms with Crippen molar-refractivity contribution in [2.75, 3.05) is 0 Å². The van der Waals surface area contributed by atoms with Crippen molar-refractivity contribution >= 4 is 18.4 Å². The highest BCUT2D eigenvalue weighted by atomic mass is 16.6. The van der Waals surface area contributed by atoms with Crippen LogP contribution in [0.4, 0.5) is 4.79 Å². The summed E-state index contributed by atoms with van der Waals surface area (Å²) >= 11 is 0. The largest absolute Gasteiger partial charge is 0.444 e. The molecule has 6 heteroatoms. The maximum Gasteiger partial charge on any atom is 0.408 e. The summed E-state index contributed by atoms with van der Waals surface area (Å²) in [6.45, 7) is 7.07. The van der Waals surface area contributed by atoms with Crippen molar-refractivity contribution in [2.24, 2.45) is 0 Å². The third-order valence-corrected chi connectivity index (χ3v) is 2.47. The van der Waals surface area contributed by atoms with Gasteiger partial charge in [0.15, 0.2) is 0 Å². The minimum Gasteiger partial charge on any atom is -0.444 e. The standard InChI is InChI=1S/C11H18N2O4/c1-5-7-8(9(15)13(7)6-14)12-10(16)17-11(2,3)4/h6-8H,5H2,1-4H3,(H,12,16)/t7-,8+/m1/s1. The number of likely N-dealkylation sites (tertiary alicyclic amines) is 1. The quantitative estimate of drug-likeness (QED) is 0.582. The Morgan fingerprint density at radius 2 is 2.12 bits per heavy atom. The third kappa shape index (κ3) is 2.95. The average Bonchev–Trinajstić information content (AvgIpc) is 2.19. The van der Waals surface area contributed by atoms with E-state index in [2.05, 4.69) is 5.32 Å². The summed E-state index contributed by atoms with van der Waals surface area (Å²) in [6, 6.07) is -0.924. The SMILES string of the molecule is CC[C@@H]1[C@H](NC(=O)OC(C)(C)C)C(=O)N1C=O. The number of carbonyl (C=O) groups is 3. The van der Waals surface area contributed by atoms with E-state index in [1.54, 1.807) is 20.8 Å². The second kappa shape index (κ2) is 4.73. The van der Waals surface area contributed by atoms with Gasteiger partial charge in [-0.2, -0.15) is 0 Å². The van der Waals surface area contributed by atoms with Crippen LogP contribution in [0.15, 0.2) is 0 Å². The molecule has 0 aromatic heterocycles. The Labute approximate surface area is 100 Å². The second-order valence-electron chi connectivity index (χ2n) is 4.95. The van der Waals surface area contributed by atoms with Gasteiger partial charge < -0.3 is 10.1 Å². The molecule has 17 heavy (non-hydrogen) atoms. The van der Waals surface area contributed by atoms with E-state index in [0.29, 0.717) is 12.8 Å². The molecule has 0 saturated carbocycles. The van der Waals surface area contributed by atoms with Crippen LogP contribution in [-0.2, 0) is 14.3 Å². The van der Waals surface area contributed by atoms with Crippen LogP contribution in [-0.4, -0.2) is 41.0 Å². The van der Waals surface area contributed by atoms with Gasteiger partial charge in [-0.25, -0.2) is 4.79 Å². The molecule has 0 unspecified atom stereocenters. The average molecular weight is 242 g/mol. The Balaban J connectivity index is 2.55. The molecule has 1 saturated heterocycles.